The number of alkyl halides is 1. The van der Waals surface area contributed by atoms with Crippen LogP contribution in [0.4, 0.5) is 14.6 Å². The zero-order valence-corrected chi connectivity index (χ0v) is 16.3. The van der Waals surface area contributed by atoms with Gasteiger partial charge in [0, 0.05) is 29.0 Å². The van der Waals surface area contributed by atoms with E-state index in [0.29, 0.717) is 5.69 Å². The number of aromatic nitrogens is 4. The van der Waals surface area contributed by atoms with E-state index >= 15 is 0 Å². The van der Waals surface area contributed by atoms with E-state index in [1.54, 1.807) is 0 Å². The van der Waals surface area contributed by atoms with Crippen LogP contribution in [0.3, 0.4) is 0 Å². The van der Waals surface area contributed by atoms with Gasteiger partial charge in [0.1, 0.15) is 6.17 Å². The molecule has 0 spiro atoms. The summed E-state index contributed by atoms with van der Waals surface area (Å²) in [5.74, 6) is -1.55. The first kappa shape index (κ1) is 21.8. The number of benzene rings is 1. The van der Waals surface area contributed by atoms with E-state index in [-0.39, 0.29) is 37.5 Å². The molecule has 1 atom stereocenters. The fourth-order valence-electron chi connectivity index (χ4n) is 2.84. The minimum absolute atomic E-state index is 0.0184. The average Bonchev–Trinajstić information content (AvgIpc) is 3.23. The van der Waals surface area contributed by atoms with Crippen molar-refractivity contribution in [3.8, 4) is 0 Å². The molecule has 1 amide bonds. The van der Waals surface area contributed by atoms with Crippen LogP contribution < -0.4 is 10.9 Å². The third kappa shape index (κ3) is 6.29. The van der Waals surface area contributed by atoms with Crippen LogP contribution in [0.15, 0.2) is 59.7 Å². The summed E-state index contributed by atoms with van der Waals surface area (Å²) in [6, 6.07) is 11.9. The van der Waals surface area contributed by atoms with Gasteiger partial charge in [-0.25, -0.2) is 14.1 Å². The molecule has 31 heavy (non-hydrogen) atoms. The SMILES string of the molecule is O=C(Cc1ccccc1)Nc1ccn(CC(F)CCn2cc(C(=O)OF)nn2)c(=O)c1. The smallest absolute Gasteiger partial charge is 0.326 e. The number of amides is 1. The van der Waals surface area contributed by atoms with Crippen LogP contribution in [0.5, 0.6) is 0 Å². The average molecular weight is 431 g/mol. The lowest BCUT2D eigenvalue weighted by Gasteiger charge is -2.12. The van der Waals surface area contributed by atoms with Crippen LogP contribution in [0.2, 0.25) is 0 Å². The molecular formula is C20H19F2N5O4. The lowest BCUT2D eigenvalue weighted by Crippen LogP contribution is -2.25. The van der Waals surface area contributed by atoms with Gasteiger partial charge >= 0.3 is 5.97 Å². The van der Waals surface area contributed by atoms with Crippen LogP contribution >= 0.6 is 0 Å². The van der Waals surface area contributed by atoms with E-state index in [9.17, 15) is 23.3 Å². The zero-order valence-electron chi connectivity index (χ0n) is 16.3. The van der Waals surface area contributed by atoms with Crippen LogP contribution in [0.1, 0.15) is 22.5 Å². The van der Waals surface area contributed by atoms with Gasteiger partial charge in [-0.2, -0.15) is 0 Å². The van der Waals surface area contributed by atoms with Gasteiger partial charge < -0.3 is 9.88 Å². The first-order valence-electron chi connectivity index (χ1n) is 9.36. The summed E-state index contributed by atoms with van der Waals surface area (Å²) in [5, 5.41) is 9.63. The number of hydrogen-bond acceptors (Lipinski definition) is 6. The van der Waals surface area contributed by atoms with Gasteiger partial charge in [-0.1, -0.05) is 35.5 Å². The molecule has 0 saturated heterocycles. The predicted octanol–water partition coefficient (Wildman–Crippen LogP) is 2.09. The maximum absolute atomic E-state index is 14.3. The fraction of sp³-hybridized carbons (Fsp3) is 0.250. The van der Waals surface area contributed by atoms with Crippen molar-refractivity contribution in [3.63, 3.8) is 0 Å². The predicted molar refractivity (Wildman–Crippen MR) is 106 cm³/mol. The van der Waals surface area contributed by atoms with Gasteiger partial charge in [0.2, 0.25) is 5.91 Å². The van der Waals surface area contributed by atoms with Crippen molar-refractivity contribution in [2.45, 2.75) is 32.1 Å². The van der Waals surface area contributed by atoms with Crippen molar-refractivity contribution in [1.29, 1.82) is 0 Å². The molecule has 11 heteroatoms. The highest BCUT2D eigenvalue weighted by Gasteiger charge is 2.15. The Bertz CT molecular complexity index is 1100. The molecule has 0 aliphatic heterocycles. The zero-order chi connectivity index (χ0) is 22.2. The molecule has 0 saturated carbocycles. The molecule has 0 bridgehead atoms. The highest BCUT2D eigenvalue weighted by Crippen LogP contribution is 2.08. The van der Waals surface area contributed by atoms with Gasteiger partial charge in [-0.15, -0.1) is 5.10 Å². The number of nitrogens with zero attached hydrogens (tertiary/aromatic N) is 4. The van der Waals surface area contributed by atoms with Gasteiger partial charge in [0.15, 0.2) is 5.69 Å². The van der Waals surface area contributed by atoms with Gasteiger partial charge in [-0.3, -0.25) is 14.3 Å². The van der Waals surface area contributed by atoms with E-state index in [2.05, 4.69) is 20.6 Å². The van der Waals surface area contributed by atoms with Crippen molar-refractivity contribution < 1.29 is 23.4 Å². The van der Waals surface area contributed by atoms with Crippen molar-refractivity contribution in [1.82, 2.24) is 19.6 Å². The minimum Gasteiger partial charge on any atom is -0.326 e. The van der Waals surface area contributed by atoms with E-state index < -0.39 is 17.7 Å². The first-order chi connectivity index (χ1) is 14.9. The molecule has 0 aliphatic rings. The van der Waals surface area contributed by atoms with Crippen LogP contribution in [0, 0.1) is 0 Å². The van der Waals surface area contributed by atoms with Crippen LogP contribution in [-0.2, 0) is 29.2 Å². The summed E-state index contributed by atoms with van der Waals surface area (Å²) in [6.45, 7) is -0.138. The second-order valence-corrected chi connectivity index (χ2v) is 6.73. The number of carbonyl (C=O) groups is 2. The summed E-state index contributed by atoms with van der Waals surface area (Å²) >= 11 is 0. The number of nitrogens with one attached hydrogen (secondary N) is 1. The molecule has 0 radical (unpaired) electrons. The Balaban J connectivity index is 1.51. The number of aryl methyl sites for hydroxylation is 1. The second-order valence-electron chi connectivity index (χ2n) is 6.73. The highest BCUT2D eigenvalue weighted by molar-refractivity contribution is 5.92. The standard InChI is InChI=1S/C20H19F2N5O4/c21-15(6-9-27-13-17(24-25-27)20(30)31-22)12-26-8-7-16(11-19(26)29)23-18(28)10-14-4-2-1-3-5-14/h1-5,7-8,11,13,15H,6,9-10,12H2,(H,23,28). The summed E-state index contributed by atoms with van der Waals surface area (Å²) in [4.78, 5) is 38.3. The van der Waals surface area contributed by atoms with Gasteiger partial charge in [0.05, 0.1) is 19.2 Å². The molecule has 3 rings (SSSR count). The number of halogens is 2. The van der Waals surface area contributed by atoms with Crippen LogP contribution in [0.25, 0.3) is 0 Å². The molecule has 162 valence electrons. The lowest BCUT2D eigenvalue weighted by atomic mass is 10.1. The lowest BCUT2D eigenvalue weighted by molar-refractivity contribution is -0.115. The molecule has 3 aromatic rings. The van der Waals surface area contributed by atoms with Gasteiger partial charge in [0.25, 0.3) is 5.56 Å². The quantitative estimate of drug-likeness (QED) is 0.556. The number of rotatable bonds is 9. The van der Waals surface area contributed by atoms with Crippen LogP contribution in [-0.4, -0.2) is 37.6 Å². The molecule has 2 aromatic heterocycles. The third-order valence-electron chi connectivity index (χ3n) is 4.37. The topological polar surface area (TPSA) is 108 Å². The Hall–Kier alpha value is -3.89. The second kappa shape index (κ2) is 10.2. The number of hydrogen-bond donors (Lipinski definition) is 1. The molecule has 2 heterocycles. The molecule has 1 N–H and O–H groups in total. The van der Waals surface area contributed by atoms with Gasteiger partial charge in [-0.05, 0) is 18.1 Å². The van der Waals surface area contributed by atoms with E-state index in [4.69, 9.17) is 0 Å². The normalized spacial score (nSPS) is 11.7. The van der Waals surface area contributed by atoms with Crippen molar-refractivity contribution in [3.05, 3.63) is 76.5 Å². The van der Waals surface area contributed by atoms with E-state index in [0.717, 1.165) is 11.8 Å². The Labute approximate surface area is 175 Å². The first-order valence-corrected chi connectivity index (χ1v) is 9.36. The van der Waals surface area contributed by atoms with Crippen molar-refractivity contribution in [2.24, 2.45) is 0 Å². The number of carbonyl (C=O) groups excluding carboxylic acids is 2. The van der Waals surface area contributed by atoms with Crippen molar-refractivity contribution in [2.75, 3.05) is 5.32 Å². The summed E-state index contributed by atoms with van der Waals surface area (Å²) in [7, 11) is 0. The van der Waals surface area contributed by atoms with E-state index in [1.807, 2.05) is 30.3 Å². The number of anilines is 1. The fourth-order valence-corrected chi connectivity index (χ4v) is 2.84. The summed E-state index contributed by atoms with van der Waals surface area (Å²) in [6.07, 6.45) is 1.29. The molecule has 1 aromatic carbocycles. The molecular weight excluding hydrogens is 412 g/mol. The molecule has 1 unspecified atom stereocenters. The Morgan fingerprint density at radius 3 is 2.68 bits per heavy atom. The summed E-state index contributed by atoms with van der Waals surface area (Å²) < 4.78 is 28.5. The Kier molecular flexibility index (Phi) is 7.20. The molecule has 0 fully saturated rings. The largest absolute Gasteiger partial charge is 0.401 e. The maximum Gasteiger partial charge on any atom is 0.401 e. The highest BCUT2D eigenvalue weighted by atomic mass is 19.3. The molecule has 0 aliphatic carbocycles. The minimum atomic E-state index is -1.39. The summed E-state index contributed by atoms with van der Waals surface area (Å²) in [5.41, 5.74) is 0.370. The van der Waals surface area contributed by atoms with E-state index in [1.165, 1.54) is 27.6 Å². The number of pyridine rings is 1. The third-order valence-corrected chi connectivity index (χ3v) is 4.37. The van der Waals surface area contributed by atoms with Crippen molar-refractivity contribution >= 4 is 17.6 Å². The monoisotopic (exact) mass is 431 g/mol. The molecule has 9 nitrogen and oxygen atoms in total. The Morgan fingerprint density at radius 2 is 1.97 bits per heavy atom. The maximum atomic E-state index is 14.3. The Morgan fingerprint density at radius 1 is 1.19 bits per heavy atom.